The van der Waals surface area contributed by atoms with Crippen molar-refractivity contribution in [1.29, 1.82) is 0 Å². The smallest absolute Gasteiger partial charge is 0.364 e. The molecule has 1 amide bonds. The van der Waals surface area contributed by atoms with E-state index in [0.29, 0.717) is 32.6 Å². The molecule has 1 aliphatic heterocycles. The van der Waals surface area contributed by atoms with Crippen LogP contribution in [0.3, 0.4) is 0 Å². The van der Waals surface area contributed by atoms with Crippen LogP contribution in [0.25, 0.3) is 0 Å². The van der Waals surface area contributed by atoms with Gasteiger partial charge in [-0.15, -0.1) is 24.8 Å². The molecule has 2 rings (SSSR count). The molecule has 1 saturated heterocycles. The fourth-order valence-electron chi connectivity index (χ4n) is 3.40. The summed E-state index contributed by atoms with van der Waals surface area (Å²) in [7, 11) is 0. The van der Waals surface area contributed by atoms with Crippen molar-refractivity contribution < 1.29 is 22.7 Å². The first kappa shape index (κ1) is 27.9. The van der Waals surface area contributed by atoms with Crippen LogP contribution in [-0.2, 0) is 15.7 Å². The number of rotatable bonds is 8. The van der Waals surface area contributed by atoms with Crippen molar-refractivity contribution in [2.45, 2.75) is 51.1 Å². The number of hydrogen-bond donors (Lipinski definition) is 2. The summed E-state index contributed by atoms with van der Waals surface area (Å²) in [6, 6.07) is 4.92. The molecule has 0 aliphatic carbocycles. The quantitative estimate of drug-likeness (QED) is 0.623. The summed E-state index contributed by atoms with van der Waals surface area (Å²) in [6.45, 7) is 6.08. The van der Waals surface area contributed by atoms with Crippen molar-refractivity contribution in [2.24, 2.45) is 5.73 Å². The molecular weight excluding hydrogens is 430 g/mol. The number of halogens is 5. The number of ether oxygens (including phenoxy) is 1. The Balaban J connectivity index is 0.00000392. The highest BCUT2D eigenvalue weighted by atomic mass is 35.5. The molecule has 1 aliphatic rings. The van der Waals surface area contributed by atoms with Gasteiger partial charge in [-0.2, -0.15) is 13.2 Å². The van der Waals surface area contributed by atoms with E-state index in [1.54, 1.807) is 0 Å². The fraction of sp³-hybridized carbons (Fsp3) is 0.632. The summed E-state index contributed by atoms with van der Waals surface area (Å²) < 4.78 is 44.0. The van der Waals surface area contributed by atoms with Crippen LogP contribution >= 0.6 is 24.8 Å². The Morgan fingerprint density at radius 1 is 1.21 bits per heavy atom. The molecule has 5 nitrogen and oxygen atoms in total. The minimum atomic E-state index is -4.36. The van der Waals surface area contributed by atoms with Gasteiger partial charge in [-0.1, -0.05) is 26.0 Å². The number of hydrogen-bond acceptors (Lipinski definition) is 4. The molecule has 168 valence electrons. The second-order valence-electron chi connectivity index (χ2n) is 6.66. The minimum Gasteiger partial charge on any atom is -0.364 e. The molecule has 0 saturated carbocycles. The first-order valence-electron chi connectivity index (χ1n) is 9.34. The number of nitrogens with one attached hydrogen (secondary N) is 1. The minimum absolute atomic E-state index is 0. The number of alkyl halides is 3. The molecule has 3 atom stereocenters. The van der Waals surface area contributed by atoms with E-state index in [0.717, 1.165) is 24.1 Å². The molecule has 0 bridgehead atoms. The van der Waals surface area contributed by atoms with Gasteiger partial charge in [-0.05, 0) is 43.6 Å². The molecule has 0 spiro atoms. The van der Waals surface area contributed by atoms with E-state index in [9.17, 15) is 18.0 Å². The van der Waals surface area contributed by atoms with Crippen LogP contribution in [0.4, 0.5) is 13.2 Å². The zero-order chi connectivity index (χ0) is 20.0. The van der Waals surface area contributed by atoms with Crippen LogP contribution in [0.2, 0.25) is 0 Å². The Morgan fingerprint density at radius 2 is 1.79 bits per heavy atom. The lowest BCUT2D eigenvalue weighted by molar-refractivity contribution is -0.137. The highest BCUT2D eigenvalue weighted by molar-refractivity contribution is 5.85. The van der Waals surface area contributed by atoms with Crippen molar-refractivity contribution in [2.75, 3.05) is 26.2 Å². The van der Waals surface area contributed by atoms with Gasteiger partial charge in [0.25, 0.3) is 0 Å². The lowest BCUT2D eigenvalue weighted by atomic mass is 10.0. The third-order valence-electron chi connectivity index (χ3n) is 5.01. The van der Waals surface area contributed by atoms with Crippen LogP contribution in [0.5, 0.6) is 0 Å². The normalized spacial score (nSPS) is 20.0. The van der Waals surface area contributed by atoms with Crippen molar-refractivity contribution in [3.63, 3.8) is 0 Å². The second-order valence-corrected chi connectivity index (χ2v) is 6.66. The molecule has 1 aromatic rings. The van der Waals surface area contributed by atoms with Gasteiger partial charge >= 0.3 is 6.18 Å². The SMILES string of the molecule is CCN(CC)C(CNC(=O)[C@@H]1CC[C@H](CN)O1)c1ccc(C(F)(F)F)cc1.Cl.Cl. The Kier molecular flexibility index (Phi) is 12.1. The average molecular weight is 460 g/mol. The van der Waals surface area contributed by atoms with Gasteiger partial charge in [0.05, 0.1) is 17.7 Å². The van der Waals surface area contributed by atoms with E-state index in [4.69, 9.17) is 10.5 Å². The molecule has 3 N–H and O–H groups in total. The standard InChI is InChI=1S/C19H28F3N3O2.2ClH/c1-3-25(4-2)16(13-5-7-14(8-6-13)19(20,21)22)12-24-18(26)17-10-9-15(11-23)27-17;;/h5-8,15-17H,3-4,9-12,23H2,1-2H3,(H,24,26);2*1H/t15-,16?,17+;;/m1../s1. The third kappa shape index (κ3) is 7.61. The van der Waals surface area contributed by atoms with Crippen LogP contribution in [0, 0.1) is 0 Å². The zero-order valence-corrected chi connectivity index (χ0v) is 18.2. The van der Waals surface area contributed by atoms with Crippen LogP contribution in [0.1, 0.15) is 43.9 Å². The first-order valence-corrected chi connectivity index (χ1v) is 9.34. The van der Waals surface area contributed by atoms with Gasteiger partial charge in [0.1, 0.15) is 6.10 Å². The average Bonchev–Trinajstić information content (AvgIpc) is 3.13. The second kappa shape index (κ2) is 12.6. The largest absolute Gasteiger partial charge is 0.416 e. The summed E-state index contributed by atoms with van der Waals surface area (Å²) in [5, 5.41) is 2.89. The zero-order valence-electron chi connectivity index (χ0n) is 16.6. The van der Waals surface area contributed by atoms with Gasteiger partial charge < -0.3 is 15.8 Å². The van der Waals surface area contributed by atoms with E-state index in [2.05, 4.69) is 10.2 Å². The summed E-state index contributed by atoms with van der Waals surface area (Å²) in [5.74, 6) is -0.199. The van der Waals surface area contributed by atoms with E-state index < -0.39 is 17.8 Å². The molecule has 1 fully saturated rings. The van der Waals surface area contributed by atoms with Gasteiger partial charge in [-0.25, -0.2) is 0 Å². The van der Waals surface area contributed by atoms with Gasteiger partial charge in [0.2, 0.25) is 5.91 Å². The predicted molar refractivity (Wildman–Crippen MR) is 112 cm³/mol. The first-order chi connectivity index (χ1) is 12.8. The van der Waals surface area contributed by atoms with E-state index >= 15 is 0 Å². The van der Waals surface area contributed by atoms with Crippen molar-refractivity contribution in [1.82, 2.24) is 10.2 Å². The maximum atomic E-state index is 12.8. The summed E-state index contributed by atoms with van der Waals surface area (Å²) >= 11 is 0. The molecule has 29 heavy (non-hydrogen) atoms. The molecule has 1 heterocycles. The lowest BCUT2D eigenvalue weighted by Crippen LogP contribution is -2.42. The van der Waals surface area contributed by atoms with Crippen molar-refractivity contribution in [3.8, 4) is 0 Å². The fourth-order valence-corrected chi connectivity index (χ4v) is 3.40. The molecule has 0 aromatic heterocycles. The maximum absolute atomic E-state index is 12.8. The number of carbonyl (C=O) groups excluding carboxylic acids is 1. The highest BCUT2D eigenvalue weighted by Gasteiger charge is 2.32. The molecular formula is C19H30Cl2F3N3O2. The summed E-state index contributed by atoms with van der Waals surface area (Å²) in [6.07, 6.45) is -3.58. The Bertz CT molecular complexity index is 614. The van der Waals surface area contributed by atoms with Crippen LogP contribution in [0.15, 0.2) is 24.3 Å². The number of benzene rings is 1. The summed E-state index contributed by atoms with van der Waals surface area (Å²) in [5.41, 5.74) is 5.62. The number of carbonyl (C=O) groups is 1. The van der Waals surface area contributed by atoms with E-state index in [1.807, 2.05) is 13.8 Å². The van der Waals surface area contributed by atoms with Gasteiger partial charge in [-0.3, -0.25) is 9.69 Å². The lowest BCUT2D eigenvalue weighted by Gasteiger charge is -2.30. The molecule has 1 aromatic carbocycles. The number of amides is 1. The van der Waals surface area contributed by atoms with Crippen LogP contribution in [-0.4, -0.2) is 49.2 Å². The Morgan fingerprint density at radius 3 is 2.24 bits per heavy atom. The Hall–Kier alpha value is -1.06. The van der Waals surface area contributed by atoms with E-state index in [-0.39, 0.29) is 42.9 Å². The number of likely N-dealkylation sites (N-methyl/N-ethyl adjacent to an activating group) is 1. The topological polar surface area (TPSA) is 67.6 Å². The summed E-state index contributed by atoms with van der Waals surface area (Å²) in [4.78, 5) is 14.5. The van der Waals surface area contributed by atoms with Crippen molar-refractivity contribution >= 4 is 30.7 Å². The van der Waals surface area contributed by atoms with Crippen molar-refractivity contribution in [3.05, 3.63) is 35.4 Å². The van der Waals surface area contributed by atoms with Gasteiger partial charge in [0, 0.05) is 13.1 Å². The highest BCUT2D eigenvalue weighted by Crippen LogP contribution is 2.30. The molecule has 10 heteroatoms. The number of nitrogens with two attached hydrogens (primary N) is 1. The monoisotopic (exact) mass is 459 g/mol. The van der Waals surface area contributed by atoms with Gasteiger partial charge in [0.15, 0.2) is 0 Å². The third-order valence-corrected chi connectivity index (χ3v) is 5.01. The Labute approximate surface area is 182 Å². The van der Waals surface area contributed by atoms with E-state index in [1.165, 1.54) is 12.1 Å². The maximum Gasteiger partial charge on any atom is 0.416 e. The number of nitrogens with zero attached hydrogens (tertiary/aromatic N) is 1. The molecule has 1 unspecified atom stereocenters. The van der Waals surface area contributed by atoms with Crippen LogP contribution < -0.4 is 11.1 Å². The predicted octanol–water partition coefficient (Wildman–Crippen LogP) is 3.55. The molecule has 0 radical (unpaired) electrons.